The van der Waals surface area contributed by atoms with E-state index in [0.29, 0.717) is 17.4 Å². The van der Waals surface area contributed by atoms with Gasteiger partial charge in [-0.3, -0.25) is 4.79 Å². The summed E-state index contributed by atoms with van der Waals surface area (Å²) in [5.74, 6) is 0.863. The first-order valence-corrected chi connectivity index (χ1v) is 10.1. The van der Waals surface area contributed by atoms with E-state index in [2.05, 4.69) is 21.7 Å². The van der Waals surface area contributed by atoms with Crippen molar-refractivity contribution in [2.24, 2.45) is 5.10 Å². The number of carbonyl (C=O) groups excluding carboxylic acids is 1. The molecule has 0 aliphatic carbocycles. The van der Waals surface area contributed by atoms with Crippen LogP contribution in [0.3, 0.4) is 0 Å². The molecule has 160 valence electrons. The van der Waals surface area contributed by atoms with Crippen molar-refractivity contribution >= 4 is 23.7 Å². The third kappa shape index (κ3) is 5.77. The number of nitrogens with one attached hydrogen (secondary N) is 1. The number of para-hydroxylation sites is 1. The van der Waals surface area contributed by atoms with Gasteiger partial charge < -0.3 is 14.0 Å². The highest BCUT2D eigenvalue weighted by atomic mass is 35.5. The highest BCUT2D eigenvalue weighted by molar-refractivity contribution is 6.32. The minimum absolute atomic E-state index is 0.180. The maximum Gasteiger partial charge on any atom is 0.277 e. The summed E-state index contributed by atoms with van der Waals surface area (Å²) in [5.41, 5.74) is 6.43. The Bertz CT molecular complexity index is 1090. The van der Waals surface area contributed by atoms with Gasteiger partial charge in [0, 0.05) is 22.6 Å². The topological polar surface area (TPSA) is 64.8 Å². The molecular weight excluding hydrogens is 414 g/mol. The first kappa shape index (κ1) is 22.2. The average Bonchev–Trinajstić information content (AvgIpc) is 3.05. The molecule has 0 spiro atoms. The van der Waals surface area contributed by atoms with Crippen LogP contribution in [-0.2, 0) is 4.79 Å². The van der Waals surface area contributed by atoms with E-state index in [-0.39, 0.29) is 12.5 Å². The molecule has 0 radical (unpaired) electrons. The zero-order valence-electron chi connectivity index (χ0n) is 17.5. The summed E-state index contributed by atoms with van der Waals surface area (Å²) >= 11 is 6.01. The number of ether oxygens (including phenoxy) is 2. The van der Waals surface area contributed by atoms with Gasteiger partial charge in [0.2, 0.25) is 0 Å². The van der Waals surface area contributed by atoms with E-state index < -0.39 is 0 Å². The largest absolute Gasteiger partial charge is 0.490 e. The standard InChI is InChI=1S/C24H24ClN3O3/c1-4-13-30-21-11-9-20(10-12-21)28-17(2)14-19(18(28)3)15-26-27-24(29)16-31-23-8-6-5-7-22(23)25/h4-12,14-15H,1,13,16H2,2-3H3,(H,27,29)/b26-15-. The van der Waals surface area contributed by atoms with Crippen LogP contribution in [-0.4, -0.2) is 29.9 Å². The number of hydrogen-bond acceptors (Lipinski definition) is 4. The van der Waals surface area contributed by atoms with Crippen LogP contribution in [0.2, 0.25) is 5.02 Å². The second-order valence-corrected chi connectivity index (χ2v) is 7.17. The van der Waals surface area contributed by atoms with Crippen molar-refractivity contribution in [1.82, 2.24) is 9.99 Å². The lowest BCUT2D eigenvalue weighted by molar-refractivity contribution is -0.123. The predicted octanol–water partition coefficient (Wildman–Crippen LogP) is 4.84. The van der Waals surface area contributed by atoms with Gasteiger partial charge in [0.15, 0.2) is 6.61 Å². The molecule has 0 aliphatic heterocycles. The number of aromatic nitrogens is 1. The number of nitrogens with zero attached hydrogens (tertiary/aromatic N) is 2. The van der Waals surface area contributed by atoms with Crippen molar-refractivity contribution in [3.8, 4) is 17.2 Å². The van der Waals surface area contributed by atoms with Crippen molar-refractivity contribution in [2.75, 3.05) is 13.2 Å². The van der Waals surface area contributed by atoms with Crippen LogP contribution in [0.4, 0.5) is 0 Å². The van der Waals surface area contributed by atoms with E-state index >= 15 is 0 Å². The lowest BCUT2D eigenvalue weighted by Crippen LogP contribution is -2.24. The van der Waals surface area contributed by atoms with E-state index in [1.54, 1.807) is 36.6 Å². The second-order valence-electron chi connectivity index (χ2n) is 6.77. The van der Waals surface area contributed by atoms with Gasteiger partial charge >= 0.3 is 0 Å². The number of hydrazone groups is 1. The van der Waals surface area contributed by atoms with E-state index in [1.165, 1.54) is 0 Å². The van der Waals surface area contributed by atoms with Gasteiger partial charge in [-0.25, -0.2) is 5.43 Å². The van der Waals surface area contributed by atoms with E-state index in [0.717, 1.165) is 28.4 Å². The third-order valence-corrected chi connectivity index (χ3v) is 4.83. The molecule has 31 heavy (non-hydrogen) atoms. The molecule has 0 saturated carbocycles. The predicted molar refractivity (Wildman–Crippen MR) is 124 cm³/mol. The zero-order chi connectivity index (χ0) is 22.2. The average molecular weight is 438 g/mol. The highest BCUT2D eigenvalue weighted by Crippen LogP contribution is 2.23. The fraction of sp³-hybridized carbons (Fsp3) is 0.167. The molecule has 3 aromatic rings. The number of carbonyl (C=O) groups is 1. The van der Waals surface area contributed by atoms with Crippen molar-refractivity contribution < 1.29 is 14.3 Å². The molecule has 0 bridgehead atoms. The molecule has 7 heteroatoms. The van der Waals surface area contributed by atoms with Gasteiger partial charge in [0.25, 0.3) is 5.91 Å². The third-order valence-electron chi connectivity index (χ3n) is 4.52. The number of amides is 1. The minimum atomic E-state index is -0.375. The number of halogens is 1. The molecule has 0 saturated heterocycles. The number of rotatable bonds is 9. The molecule has 1 heterocycles. The maximum atomic E-state index is 12.0. The van der Waals surface area contributed by atoms with Crippen LogP contribution < -0.4 is 14.9 Å². The number of hydrogen-bond donors (Lipinski definition) is 1. The van der Waals surface area contributed by atoms with Gasteiger partial charge in [0.05, 0.1) is 11.2 Å². The lowest BCUT2D eigenvalue weighted by atomic mass is 10.2. The van der Waals surface area contributed by atoms with Crippen LogP contribution in [0.1, 0.15) is 17.0 Å². The van der Waals surface area contributed by atoms with E-state index in [1.807, 2.05) is 44.2 Å². The Labute approximate surface area is 186 Å². The summed E-state index contributed by atoms with van der Waals surface area (Å²) in [6.07, 6.45) is 3.33. The molecule has 3 rings (SSSR count). The Hall–Kier alpha value is -3.51. The van der Waals surface area contributed by atoms with Gasteiger partial charge in [-0.15, -0.1) is 0 Å². The van der Waals surface area contributed by atoms with Crippen molar-refractivity contribution in [1.29, 1.82) is 0 Å². The summed E-state index contributed by atoms with van der Waals surface area (Å²) in [7, 11) is 0. The number of aryl methyl sites for hydroxylation is 1. The van der Waals surface area contributed by atoms with Gasteiger partial charge in [-0.2, -0.15) is 5.10 Å². The van der Waals surface area contributed by atoms with Gasteiger partial charge in [-0.05, 0) is 56.3 Å². The molecule has 0 fully saturated rings. The Morgan fingerprint density at radius 2 is 1.90 bits per heavy atom. The fourth-order valence-corrected chi connectivity index (χ4v) is 3.26. The van der Waals surface area contributed by atoms with Crippen LogP contribution >= 0.6 is 11.6 Å². The summed E-state index contributed by atoms with van der Waals surface area (Å²) < 4.78 is 13.1. The molecule has 1 aromatic heterocycles. The molecule has 6 nitrogen and oxygen atoms in total. The van der Waals surface area contributed by atoms with Crippen LogP contribution in [0.25, 0.3) is 5.69 Å². The quantitative estimate of drug-likeness (QED) is 0.296. The molecule has 0 unspecified atom stereocenters. The first-order valence-electron chi connectivity index (χ1n) is 9.72. The Morgan fingerprint density at radius 3 is 2.61 bits per heavy atom. The highest BCUT2D eigenvalue weighted by Gasteiger charge is 2.10. The van der Waals surface area contributed by atoms with Crippen molar-refractivity contribution in [3.05, 3.63) is 89.2 Å². The molecule has 1 N–H and O–H groups in total. The molecule has 0 aliphatic rings. The SMILES string of the molecule is C=CCOc1ccc(-n2c(C)cc(/C=N\NC(=O)COc3ccccc3Cl)c2C)cc1. The Balaban J connectivity index is 1.62. The minimum Gasteiger partial charge on any atom is -0.490 e. The summed E-state index contributed by atoms with van der Waals surface area (Å²) in [5, 5.41) is 4.50. The number of benzene rings is 2. The summed E-state index contributed by atoms with van der Waals surface area (Å²) in [4.78, 5) is 12.0. The smallest absolute Gasteiger partial charge is 0.277 e. The van der Waals surface area contributed by atoms with E-state index in [4.69, 9.17) is 21.1 Å². The second kappa shape index (κ2) is 10.5. The van der Waals surface area contributed by atoms with Crippen molar-refractivity contribution in [2.45, 2.75) is 13.8 Å². The van der Waals surface area contributed by atoms with Gasteiger partial charge in [0.1, 0.15) is 18.1 Å². The monoisotopic (exact) mass is 437 g/mol. The Morgan fingerprint density at radius 1 is 1.16 bits per heavy atom. The van der Waals surface area contributed by atoms with Crippen LogP contribution in [0.15, 0.2) is 72.4 Å². The normalized spacial score (nSPS) is 10.8. The molecular formula is C24H24ClN3O3. The van der Waals surface area contributed by atoms with Crippen LogP contribution in [0, 0.1) is 13.8 Å². The molecule has 1 amide bonds. The molecule has 0 atom stereocenters. The Kier molecular flexibility index (Phi) is 7.51. The summed E-state index contributed by atoms with van der Waals surface area (Å²) in [6, 6.07) is 16.8. The van der Waals surface area contributed by atoms with Crippen LogP contribution in [0.5, 0.6) is 11.5 Å². The zero-order valence-corrected chi connectivity index (χ0v) is 18.2. The fourth-order valence-electron chi connectivity index (χ4n) is 3.07. The van der Waals surface area contributed by atoms with Crippen molar-refractivity contribution in [3.63, 3.8) is 0 Å². The lowest BCUT2D eigenvalue weighted by Gasteiger charge is -2.11. The molecule has 2 aromatic carbocycles. The summed E-state index contributed by atoms with van der Waals surface area (Å²) in [6.45, 7) is 7.95. The first-order chi connectivity index (χ1) is 15.0. The van der Waals surface area contributed by atoms with Gasteiger partial charge in [-0.1, -0.05) is 36.4 Å². The van der Waals surface area contributed by atoms with E-state index in [9.17, 15) is 4.79 Å². The maximum absolute atomic E-state index is 12.0.